The van der Waals surface area contributed by atoms with Crippen LogP contribution in [0.1, 0.15) is 51.3 Å². The molecule has 4 heteroatoms. The quantitative estimate of drug-likeness (QED) is 0.775. The van der Waals surface area contributed by atoms with Gasteiger partial charge in [0.2, 0.25) is 0 Å². The highest BCUT2D eigenvalue weighted by Gasteiger charge is 2.51. The average Bonchev–Trinajstić information content (AvgIpc) is 2.82. The molecule has 0 amide bonds. The van der Waals surface area contributed by atoms with Crippen molar-refractivity contribution in [3.05, 3.63) is 59.7 Å². The van der Waals surface area contributed by atoms with Crippen LogP contribution in [0, 0.1) is 0 Å². The van der Waals surface area contributed by atoms with E-state index in [0.29, 0.717) is 0 Å². The van der Waals surface area contributed by atoms with E-state index < -0.39 is 0 Å². The Morgan fingerprint density at radius 3 is 2.28 bits per heavy atom. The van der Waals surface area contributed by atoms with Crippen LogP contribution < -0.4 is 10.2 Å². The second-order valence-electron chi connectivity index (χ2n) is 8.01. The lowest BCUT2D eigenvalue weighted by Crippen LogP contribution is -2.41. The summed E-state index contributed by atoms with van der Waals surface area (Å²) in [4.78, 5) is 0. The van der Waals surface area contributed by atoms with Gasteiger partial charge in [0.05, 0.1) is 11.2 Å². The normalized spacial score (nSPS) is 23.8. The molecular weight excluding hydrogens is 311 g/mol. The molecular formula is C21H25BO3. The first-order valence-corrected chi connectivity index (χ1v) is 9.06. The fourth-order valence-corrected chi connectivity index (χ4v) is 3.41. The van der Waals surface area contributed by atoms with Crippen molar-refractivity contribution in [2.24, 2.45) is 0 Å². The van der Waals surface area contributed by atoms with Gasteiger partial charge in [0.25, 0.3) is 0 Å². The second kappa shape index (κ2) is 5.89. The Labute approximate surface area is 150 Å². The molecule has 0 N–H and O–H groups in total. The van der Waals surface area contributed by atoms with E-state index >= 15 is 0 Å². The highest BCUT2D eigenvalue weighted by molar-refractivity contribution is 6.62. The third kappa shape index (κ3) is 2.98. The molecule has 1 fully saturated rings. The van der Waals surface area contributed by atoms with Gasteiger partial charge in [-0.05, 0) is 63.2 Å². The van der Waals surface area contributed by atoms with Gasteiger partial charge in [-0.3, -0.25) is 0 Å². The first kappa shape index (κ1) is 16.7. The van der Waals surface area contributed by atoms with Gasteiger partial charge in [0, 0.05) is 0 Å². The fraction of sp³-hybridized carbons (Fsp3) is 0.429. The van der Waals surface area contributed by atoms with E-state index in [4.69, 9.17) is 14.0 Å². The molecule has 2 aromatic rings. The maximum atomic E-state index is 6.31. The zero-order chi connectivity index (χ0) is 17.7. The SMILES string of the molecule is CC1(C)OB(c2ccc3c(c2)O[C@H](c2ccccc2)CC3)OC1(C)C. The van der Waals surface area contributed by atoms with Crippen molar-refractivity contribution in [1.82, 2.24) is 0 Å². The molecule has 2 aromatic carbocycles. The van der Waals surface area contributed by atoms with Gasteiger partial charge in [-0.15, -0.1) is 0 Å². The molecule has 0 unspecified atom stereocenters. The topological polar surface area (TPSA) is 27.7 Å². The standard InChI is InChI=1S/C21H25BO3/c1-20(2)21(3,4)25-22(24-20)17-12-10-16-11-13-18(23-19(16)14-17)15-8-6-5-7-9-15/h5-10,12,14,18H,11,13H2,1-4H3/t18-/m0/s1. The van der Waals surface area contributed by atoms with Crippen LogP contribution in [-0.4, -0.2) is 18.3 Å². The zero-order valence-electron chi connectivity index (χ0n) is 15.4. The number of rotatable bonds is 2. The molecule has 130 valence electrons. The molecule has 2 heterocycles. The Morgan fingerprint density at radius 2 is 1.60 bits per heavy atom. The van der Waals surface area contributed by atoms with Crippen molar-refractivity contribution < 1.29 is 14.0 Å². The number of hydrogen-bond acceptors (Lipinski definition) is 3. The summed E-state index contributed by atoms with van der Waals surface area (Å²) < 4.78 is 18.7. The summed E-state index contributed by atoms with van der Waals surface area (Å²) in [7, 11) is -0.351. The Kier molecular flexibility index (Phi) is 3.93. The van der Waals surface area contributed by atoms with Crippen LogP contribution in [0.15, 0.2) is 48.5 Å². The lowest BCUT2D eigenvalue weighted by atomic mass is 9.78. The third-order valence-electron chi connectivity index (χ3n) is 5.73. The molecule has 4 rings (SSSR count). The number of hydrogen-bond donors (Lipinski definition) is 0. The van der Waals surface area contributed by atoms with Gasteiger partial charge in [-0.1, -0.05) is 42.5 Å². The third-order valence-corrected chi connectivity index (χ3v) is 5.73. The van der Waals surface area contributed by atoms with Gasteiger partial charge in [0.15, 0.2) is 0 Å². The van der Waals surface area contributed by atoms with Crippen molar-refractivity contribution in [3.63, 3.8) is 0 Å². The van der Waals surface area contributed by atoms with Crippen molar-refractivity contribution in [1.29, 1.82) is 0 Å². The highest BCUT2D eigenvalue weighted by Crippen LogP contribution is 2.38. The molecule has 0 aliphatic carbocycles. The van der Waals surface area contributed by atoms with E-state index in [0.717, 1.165) is 24.1 Å². The maximum Gasteiger partial charge on any atom is 0.494 e. The number of ether oxygens (including phenoxy) is 1. The summed E-state index contributed by atoms with van der Waals surface area (Å²) in [6.45, 7) is 8.31. The molecule has 2 aliphatic rings. The van der Waals surface area contributed by atoms with E-state index in [1.807, 2.05) is 6.07 Å². The van der Waals surface area contributed by atoms with Crippen molar-refractivity contribution >= 4 is 12.6 Å². The minimum absolute atomic E-state index is 0.113. The Bertz CT molecular complexity index is 754. The molecule has 1 atom stereocenters. The van der Waals surface area contributed by atoms with E-state index in [9.17, 15) is 0 Å². The Hall–Kier alpha value is -1.78. The maximum absolute atomic E-state index is 6.31. The van der Waals surface area contributed by atoms with Crippen LogP contribution in [0.5, 0.6) is 5.75 Å². The Balaban J connectivity index is 1.59. The predicted octanol–water partition coefficient (Wildman–Crippen LogP) is 4.05. The van der Waals surface area contributed by atoms with E-state index in [1.54, 1.807) is 0 Å². The molecule has 1 saturated heterocycles. The van der Waals surface area contributed by atoms with Crippen LogP contribution in [0.25, 0.3) is 0 Å². The number of benzene rings is 2. The molecule has 0 saturated carbocycles. The fourth-order valence-electron chi connectivity index (χ4n) is 3.41. The first-order chi connectivity index (χ1) is 11.9. The number of fused-ring (bicyclic) bond motifs is 1. The molecule has 25 heavy (non-hydrogen) atoms. The van der Waals surface area contributed by atoms with Crippen LogP contribution in [0.4, 0.5) is 0 Å². The predicted molar refractivity (Wildman–Crippen MR) is 100 cm³/mol. The van der Waals surface area contributed by atoms with Crippen LogP contribution in [0.2, 0.25) is 0 Å². The zero-order valence-corrected chi connectivity index (χ0v) is 15.4. The minimum Gasteiger partial charge on any atom is -0.485 e. The molecule has 0 radical (unpaired) electrons. The van der Waals surface area contributed by atoms with Crippen molar-refractivity contribution in [3.8, 4) is 5.75 Å². The molecule has 0 aromatic heterocycles. The van der Waals surface area contributed by atoms with E-state index in [1.165, 1.54) is 11.1 Å². The van der Waals surface area contributed by atoms with Gasteiger partial charge in [-0.2, -0.15) is 0 Å². The summed E-state index contributed by atoms with van der Waals surface area (Å²) in [5.41, 5.74) is 2.84. The molecule has 0 bridgehead atoms. The monoisotopic (exact) mass is 336 g/mol. The van der Waals surface area contributed by atoms with E-state index in [2.05, 4.69) is 70.2 Å². The minimum atomic E-state index is -0.351. The summed E-state index contributed by atoms with van der Waals surface area (Å²) in [5, 5.41) is 0. The van der Waals surface area contributed by atoms with Crippen LogP contribution >= 0.6 is 0 Å². The summed E-state index contributed by atoms with van der Waals surface area (Å²) in [5.74, 6) is 0.951. The Morgan fingerprint density at radius 1 is 0.920 bits per heavy atom. The molecule has 2 aliphatic heterocycles. The lowest BCUT2D eigenvalue weighted by molar-refractivity contribution is 0.00578. The van der Waals surface area contributed by atoms with E-state index in [-0.39, 0.29) is 24.4 Å². The first-order valence-electron chi connectivity index (χ1n) is 9.06. The van der Waals surface area contributed by atoms with Gasteiger partial charge >= 0.3 is 7.12 Å². The summed E-state index contributed by atoms with van der Waals surface area (Å²) in [6, 6.07) is 16.8. The largest absolute Gasteiger partial charge is 0.494 e. The number of aryl methyl sites for hydroxylation is 1. The van der Waals surface area contributed by atoms with Crippen molar-refractivity contribution in [2.75, 3.05) is 0 Å². The van der Waals surface area contributed by atoms with Crippen molar-refractivity contribution in [2.45, 2.75) is 57.8 Å². The van der Waals surface area contributed by atoms with Crippen LogP contribution in [-0.2, 0) is 15.7 Å². The summed E-state index contributed by atoms with van der Waals surface area (Å²) in [6.07, 6.45) is 2.15. The second-order valence-corrected chi connectivity index (χ2v) is 8.01. The molecule has 3 nitrogen and oxygen atoms in total. The smallest absolute Gasteiger partial charge is 0.485 e. The average molecular weight is 336 g/mol. The van der Waals surface area contributed by atoms with Gasteiger partial charge in [0.1, 0.15) is 11.9 Å². The van der Waals surface area contributed by atoms with Crippen LogP contribution in [0.3, 0.4) is 0 Å². The lowest BCUT2D eigenvalue weighted by Gasteiger charge is -2.32. The summed E-state index contributed by atoms with van der Waals surface area (Å²) >= 11 is 0. The van der Waals surface area contributed by atoms with Gasteiger partial charge in [-0.25, -0.2) is 0 Å². The molecule has 0 spiro atoms. The van der Waals surface area contributed by atoms with Gasteiger partial charge < -0.3 is 14.0 Å². The highest BCUT2D eigenvalue weighted by atomic mass is 16.7.